The highest BCUT2D eigenvalue weighted by Crippen LogP contribution is 2.27. The maximum Gasteiger partial charge on any atom is 0.339 e. The van der Waals surface area contributed by atoms with E-state index in [-0.39, 0.29) is 5.91 Å². The molecular weight excluding hydrogens is 296 g/mol. The molecule has 6 heteroatoms. The molecule has 6 nitrogen and oxygen atoms in total. The molecule has 0 bridgehead atoms. The Morgan fingerprint density at radius 3 is 2.70 bits per heavy atom. The number of carbonyl (C=O) groups excluding carboxylic acids is 2. The molecule has 0 aliphatic carbocycles. The van der Waals surface area contributed by atoms with Crippen LogP contribution in [0.3, 0.4) is 0 Å². The lowest BCUT2D eigenvalue weighted by atomic mass is 10.1. The van der Waals surface area contributed by atoms with E-state index in [4.69, 9.17) is 9.47 Å². The number of rotatable bonds is 4. The molecule has 2 aliphatic rings. The third kappa shape index (κ3) is 3.54. The molecule has 3 rings (SSSR count). The van der Waals surface area contributed by atoms with E-state index in [0.717, 1.165) is 44.8 Å². The van der Waals surface area contributed by atoms with Gasteiger partial charge in [0.1, 0.15) is 0 Å². The van der Waals surface area contributed by atoms with Crippen molar-refractivity contribution in [3.05, 3.63) is 29.3 Å². The van der Waals surface area contributed by atoms with Crippen molar-refractivity contribution in [2.24, 2.45) is 0 Å². The summed E-state index contributed by atoms with van der Waals surface area (Å²) < 4.78 is 10.3. The molecule has 124 valence electrons. The number of morpholine rings is 1. The summed E-state index contributed by atoms with van der Waals surface area (Å²) in [6.45, 7) is 4.68. The average Bonchev–Trinajstić information content (AvgIpc) is 3.01. The van der Waals surface area contributed by atoms with Crippen molar-refractivity contribution < 1.29 is 19.1 Å². The van der Waals surface area contributed by atoms with Gasteiger partial charge in [-0.05, 0) is 24.1 Å². The van der Waals surface area contributed by atoms with E-state index in [1.807, 2.05) is 18.2 Å². The van der Waals surface area contributed by atoms with Crippen molar-refractivity contribution in [2.45, 2.75) is 19.4 Å². The predicted molar refractivity (Wildman–Crippen MR) is 85.5 cm³/mol. The predicted octanol–water partition coefficient (Wildman–Crippen LogP) is 1.43. The molecule has 2 heterocycles. The summed E-state index contributed by atoms with van der Waals surface area (Å²) in [5, 5.41) is 0. The second-order valence-corrected chi connectivity index (χ2v) is 5.88. The summed E-state index contributed by atoms with van der Waals surface area (Å²) in [5.41, 5.74) is 2.17. The van der Waals surface area contributed by atoms with Crippen LogP contribution in [0.1, 0.15) is 28.8 Å². The summed E-state index contributed by atoms with van der Waals surface area (Å²) in [5.74, 6) is -0.334. The van der Waals surface area contributed by atoms with Gasteiger partial charge in [-0.25, -0.2) is 4.79 Å². The molecule has 1 aromatic carbocycles. The molecule has 2 fully saturated rings. The molecule has 0 unspecified atom stereocenters. The monoisotopic (exact) mass is 318 g/mol. The molecule has 0 saturated carbocycles. The van der Waals surface area contributed by atoms with Crippen LogP contribution in [0, 0.1) is 0 Å². The maximum atomic E-state index is 12.1. The highest BCUT2D eigenvalue weighted by atomic mass is 16.5. The van der Waals surface area contributed by atoms with Crippen LogP contribution in [0.4, 0.5) is 5.69 Å². The van der Waals surface area contributed by atoms with E-state index < -0.39 is 5.97 Å². The SMILES string of the molecule is COC(=O)c1cc(CN2CCOCC2)ccc1N1CCCC1=O. The Morgan fingerprint density at radius 1 is 1.26 bits per heavy atom. The van der Waals surface area contributed by atoms with Crippen LogP contribution in [0.2, 0.25) is 0 Å². The molecule has 1 aromatic rings. The normalized spacial score (nSPS) is 19.2. The number of amides is 1. The van der Waals surface area contributed by atoms with E-state index in [9.17, 15) is 9.59 Å². The van der Waals surface area contributed by atoms with E-state index in [0.29, 0.717) is 24.2 Å². The van der Waals surface area contributed by atoms with Gasteiger partial charge in [0.2, 0.25) is 5.91 Å². The zero-order chi connectivity index (χ0) is 16.2. The second-order valence-electron chi connectivity index (χ2n) is 5.88. The van der Waals surface area contributed by atoms with Crippen molar-refractivity contribution in [3.63, 3.8) is 0 Å². The van der Waals surface area contributed by atoms with Gasteiger partial charge in [-0.15, -0.1) is 0 Å². The molecule has 1 amide bonds. The Kier molecular flexibility index (Phi) is 4.93. The number of hydrogen-bond acceptors (Lipinski definition) is 5. The molecule has 0 atom stereocenters. The van der Waals surface area contributed by atoms with Crippen LogP contribution in [0.15, 0.2) is 18.2 Å². The minimum absolute atomic E-state index is 0.0658. The van der Waals surface area contributed by atoms with Gasteiger partial charge in [0.25, 0.3) is 0 Å². The van der Waals surface area contributed by atoms with Crippen LogP contribution in [-0.4, -0.2) is 56.7 Å². The van der Waals surface area contributed by atoms with Crippen LogP contribution in [-0.2, 0) is 20.8 Å². The van der Waals surface area contributed by atoms with Crippen LogP contribution in [0.5, 0.6) is 0 Å². The van der Waals surface area contributed by atoms with E-state index >= 15 is 0 Å². The largest absolute Gasteiger partial charge is 0.465 e. The lowest BCUT2D eigenvalue weighted by Crippen LogP contribution is -2.35. The third-order valence-electron chi connectivity index (χ3n) is 4.34. The van der Waals surface area contributed by atoms with E-state index in [2.05, 4.69) is 4.90 Å². The Hall–Kier alpha value is -1.92. The number of carbonyl (C=O) groups is 2. The van der Waals surface area contributed by atoms with Crippen molar-refractivity contribution >= 4 is 17.6 Å². The average molecular weight is 318 g/mol. The smallest absolute Gasteiger partial charge is 0.339 e. The second kappa shape index (κ2) is 7.10. The van der Waals surface area contributed by atoms with Crippen molar-refractivity contribution in [3.8, 4) is 0 Å². The Labute approximate surface area is 136 Å². The first-order valence-corrected chi connectivity index (χ1v) is 8.01. The van der Waals surface area contributed by atoms with Crippen LogP contribution < -0.4 is 4.90 Å². The summed E-state index contributed by atoms with van der Waals surface area (Å²) >= 11 is 0. The number of nitrogens with zero attached hydrogens (tertiary/aromatic N) is 2. The van der Waals surface area contributed by atoms with Crippen molar-refractivity contribution in [1.29, 1.82) is 0 Å². The fourth-order valence-electron chi connectivity index (χ4n) is 3.11. The number of ether oxygens (including phenoxy) is 2. The quantitative estimate of drug-likeness (QED) is 0.786. The number of benzene rings is 1. The van der Waals surface area contributed by atoms with Crippen molar-refractivity contribution in [2.75, 3.05) is 44.9 Å². The molecule has 0 aromatic heterocycles. The van der Waals surface area contributed by atoms with Gasteiger partial charge in [0.05, 0.1) is 31.6 Å². The number of anilines is 1. The number of hydrogen-bond donors (Lipinski definition) is 0. The summed E-state index contributed by atoms with van der Waals surface area (Å²) in [7, 11) is 1.37. The fraction of sp³-hybridized carbons (Fsp3) is 0.529. The van der Waals surface area contributed by atoms with Crippen LogP contribution >= 0.6 is 0 Å². The minimum Gasteiger partial charge on any atom is -0.465 e. The topological polar surface area (TPSA) is 59.1 Å². The molecule has 0 spiro atoms. The highest BCUT2D eigenvalue weighted by Gasteiger charge is 2.26. The summed E-state index contributed by atoms with van der Waals surface area (Å²) in [4.78, 5) is 28.1. The first-order chi connectivity index (χ1) is 11.2. The molecular formula is C17H22N2O4. The van der Waals surface area contributed by atoms with Gasteiger partial charge < -0.3 is 14.4 Å². The lowest BCUT2D eigenvalue weighted by molar-refractivity contribution is -0.117. The van der Waals surface area contributed by atoms with Crippen molar-refractivity contribution in [1.82, 2.24) is 4.90 Å². The van der Waals surface area contributed by atoms with Gasteiger partial charge in [0, 0.05) is 32.6 Å². The number of esters is 1. The first-order valence-electron chi connectivity index (χ1n) is 8.01. The zero-order valence-corrected chi connectivity index (χ0v) is 13.4. The minimum atomic E-state index is -0.400. The Balaban J connectivity index is 1.85. The Morgan fingerprint density at radius 2 is 2.04 bits per heavy atom. The fourth-order valence-corrected chi connectivity index (χ4v) is 3.11. The van der Waals surface area contributed by atoms with E-state index in [1.54, 1.807) is 4.90 Å². The summed E-state index contributed by atoms with van der Waals surface area (Å²) in [6, 6.07) is 5.70. The summed E-state index contributed by atoms with van der Waals surface area (Å²) in [6.07, 6.45) is 1.37. The molecule has 2 saturated heterocycles. The van der Waals surface area contributed by atoms with Gasteiger partial charge in [-0.3, -0.25) is 9.69 Å². The van der Waals surface area contributed by atoms with Gasteiger partial charge in [-0.2, -0.15) is 0 Å². The Bertz CT molecular complexity index is 596. The number of methoxy groups -OCH3 is 1. The highest BCUT2D eigenvalue weighted by molar-refractivity contribution is 6.03. The molecule has 2 aliphatic heterocycles. The van der Waals surface area contributed by atoms with E-state index in [1.165, 1.54) is 7.11 Å². The molecule has 0 radical (unpaired) electrons. The molecule has 23 heavy (non-hydrogen) atoms. The lowest BCUT2D eigenvalue weighted by Gasteiger charge is -2.27. The standard InChI is InChI=1S/C17H22N2O4/c1-22-17(21)14-11-13(12-18-7-9-23-10-8-18)4-5-15(14)19-6-2-3-16(19)20/h4-5,11H,2-3,6-10,12H2,1H3. The maximum absolute atomic E-state index is 12.1. The molecule has 0 N–H and O–H groups in total. The van der Waals surface area contributed by atoms with Gasteiger partial charge >= 0.3 is 5.97 Å². The van der Waals surface area contributed by atoms with Crippen LogP contribution in [0.25, 0.3) is 0 Å². The first kappa shape index (κ1) is 16.0. The third-order valence-corrected chi connectivity index (χ3v) is 4.34. The van der Waals surface area contributed by atoms with Gasteiger partial charge in [-0.1, -0.05) is 6.07 Å². The van der Waals surface area contributed by atoms with Gasteiger partial charge in [0.15, 0.2) is 0 Å². The zero-order valence-electron chi connectivity index (χ0n) is 13.4.